The first kappa shape index (κ1) is 97.0. The normalized spacial score (nSPS) is 11.3. The monoisotopic (exact) mass is 1210 g/mol. The van der Waals surface area contributed by atoms with Gasteiger partial charge in [-0.2, -0.15) is 0 Å². The van der Waals surface area contributed by atoms with Crippen LogP contribution in [0.2, 0.25) is 0 Å². The number of carbonyl (C=O) groups is 7. The summed E-state index contributed by atoms with van der Waals surface area (Å²) in [7, 11) is 6.93. The summed E-state index contributed by atoms with van der Waals surface area (Å²) in [4.78, 5) is 73.9. The van der Waals surface area contributed by atoms with Crippen molar-refractivity contribution < 1.29 is 66.7 Å². The van der Waals surface area contributed by atoms with Gasteiger partial charge in [-0.15, -0.1) is 0 Å². The van der Waals surface area contributed by atoms with Gasteiger partial charge in [-0.1, -0.05) is 237 Å². The van der Waals surface area contributed by atoms with Gasteiger partial charge in [0.1, 0.15) is 25.5 Å². The molecule has 506 valence electrons. The number of likely N-dealkylation sites (N-methyl/N-ethyl adjacent to an activating group) is 1. The van der Waals surface area contributed by atoms with Crippen LogP contribution in [0.4, 0.5) is 0 Å². The van der Waals surface area contributed by atoms with Crippen LogP contribution in [0.1, 0.15) is 301 Å². The summed E-state index contributed by atoms with van der Waals surface area (Å²) in [6, 6.07) is 0.0928. The van der Waals surface area contributed by atoms with Crippen molar-refractivity contribution >= 4 is 43.7 Å². The van der Waals surface area contributed by atoms with E-state index in [1.54, 1.807) is 28.4 Å². The van der Waals surface area contributed by atoms with E-state index in [2.05, 4.69) is 72.4 Å². The van der Waals surface area contributed by atoms with Crippen LogP contribution < -0.4 is 5.32 Å². The summed E-state index contributed by atoms with van der Waals surface area (Å²) in [5.74, 6) is 0.696. The highest BCUT2D eigenvalue weighted by Gasteiger charge is 2.16. The first-order valence-electron chi connectivity index (χ1n) is 33.7. The zero-order valence-corrected chi connectivity index (χ0v) is 58.0. The number of nitrogens with one attached hydrogen (secondary N) is 1. The largest absolute Gasteiger partial charge is 0.468 e. The van der Waals surface area contributed by atoms with Gasteiger partial charge in [0.15, 0.2) is 0 Å². The molecule has 4 atom stereocenters. The van der Waals surface area contributed by atoms with E-state index in [0.717, 1.165) is 83.4 Å². The number of methoxy groups -OCH3 is 3. The second kappa shape index (κ2) is 96.1. The van der Waals surface area contributed by atoms with E-state index in [-0.39, 0.29) is 49.1 Å². The van der Waals surface area contributed by atoms with E-state index in [4.69, 9.17) is 28.4 Å². The van der Waals surface area contributed by atoms with Gasteiger partial charge in [-0.05, 0) is 62.8 Å². The van der Waals surface area contributed by atoms with Gasteiger partial charge in [0, 0.05) is 66.6 Å². The Morgan fingerprint density at radius 3 is 1.05 bits per heavy atom. The van der Waals surface area contributed by atoms with Gasteiger partial charge >= 0.3 is 11.9 Å². The van der Waals surface area contributed by atoms with Crippen LogP contribution >= 0.6 is 0 Å². The number of carbonyl (C=O) groups excluding carboxylic acids is 7. The van der Waals surface area contributed by atoms with Crippen molar-refractivity contribution in [3.63, 3.8) is 0 Å². The third-order valence-electron chi connectivity index (χ3n) is 13.3. The minimum Gasteiger partial charge on any atom is -0.468 e. The molecule has 15 nitrogen and oxygen atoms in total. The maximum atomic E-state index is 11.5. The van der Waals surface area contributed by atoms with E-state index in [1.807, 2.05) is 20.8 Å². The molecule has 0 saturated heterocycles. The summed E-state index contributed by atoms with van der Waals surface area (Å²) in [5.41, 5.74) is 0. The average molecular weight is 1210 g/mol. The number of ether oxygens (including phenoxy) is 7. The zero-order chi connectivity index (χ0) is 65.2. The smallest absolute Gasteiger partial charge is 0.306 e. The van der Waals surface area contributed by atoms with E-state index in [9.17, 15) is 33.6 Å². The first-order valence-corrected chi connectivity index (χ1v) is 33.7. The van der Waals surface area contributed by atoms with E-state index in [0.29, 0.717) is 70.7 Å². The van der Waals surface area contributed by atoms with Gasteiger partial charge in [0.05, 0.1) is 32.5 Å². The van der Waals surface area contributed by atoms with Crippen LogP contribution in [-0.2, 0) is 66.7 Å². The molecule has 15 heteroatoms. The molecular formula is C69H141NO14. The Bertz CT molecular complexity index is 1190. The highest BCUT2D eigenvalue weighted by Crippen LogP contribution is 2.20. The molecule has 0 rings (SSSR count). The summed E-state index contributed by atoms with van der Waals surface area (Å²) in [5, 5.41) is 2.93. The van der Waals surface area contributed by atoms with Crippen molar-refractivity contribution in [3.05, 3.63) is 0 Å². The summed E-state index contributed by atoms with van der Waals surface area (Å²) in [6.07, 6.45) is 39.7. The molecule has 4 unspecified atom stereocenters. The number of hydrogen-bond acceptors (Lipinski definition) is 15. The Morgan fingerprint density at radius 2 is 0.750 bits per heavy atom. The van der Waals surface area contributed by atoms with E-state index in [1.165, 1.54) is 135 Å². The molecule has 0 aromatic heterocycles. The molecule has 0 aliphatic carbocycles. The van der Waals surface area contributed by atoms with Crippen molar-refractivity contribution in [2.24, 2.45) is 23.7 Å². The highest BCUT2D eigenvalue weighted by molar-refractivity contribution is 5.71. The van der Waals surface area contributed by atoms with Crippen molar-refractivity contribution in [1.82, 2.24) is 5.32 Å². The highest BCUT2D eigenvalue weighted by atomic mass is 16.5. The SMILES string of the molecule is CC.CCC.CCCC(COC=O)C(C)CC.CCCCCCCCOC.CCCCCCCCOC.CCCCCCCCOC(=O)CC(CC)CC=O.CCCCCCCCOC(=O)CC(CC=O)CC=O.CNC(COC)COC=O. The fourth-order valence-electron chi connectivity index (χ4n) is 7.82. The molecule has 0 spiro atoms. The number of rotatable bonds is 52. The number of hydrogen-bond donors (Lipinski definition) is 1. The minimum absolute atomic E-state index is 0.0928. The van der Waals surface area contributed by atoms with Crippen LogP contribution in [0.5, 0.6) is 0 Å². The Kier molecular flexibility index (Phi) is 111. The van der Waals surface area contributed by atoms with Gasteiger partial charge < -0.3 is 52.9 Å². The molecule has 0 aromatic carbocycles. The first-order chi connectivity index (χ1) is 40.8. The lowest BCUT2D eigenvalue weighted by molar-refractivity contribution is -0.146. The van der Waals surface area contributed by atoms with Crippen LogP contribution in [0.3, 0.4) is 0 Å². The quantitative estimate of drug-likeness (QED) is 0.0261. The predicted molar refractivity (Wildman–Crippen MR) is 352 cm³/mol. The molecule has 1 N–H and O–H groups in total. The number of esters is 2. The van der Waals surface area contributed by atoms with Gasteiger partial charge in [0.25, 0.3) is 12.9 Å². The summed E-state index contributed by atoms with van der Waals surface area (Å²) < 4.78 is 34.3. The Labute approximate surface area is 519 Å². The van der Waals surface area contributed by atoms with Crippen molar-refractivity contribution in [2.45, 2.75) is 307 Å². The second-order valence-electron chi connectivity index (χ2n) is 21.2. The van der Waals surface area contributed by atoms with Crippen molar-refractivity contribution in [2.75, 3.05) is 74.6 Å². The number of aldehydes is 3. The number of unbranched alkanes of at least 4 members (excludes halogenated alkanes) is 20. The maximum absolute atomic E-state index is 11.5. The molecule has 0 radical (unpaired) electrons. The molecule has 0 aromatic rings. The van der Waals surface area contributed by atoms with Gasteiger partial charge in [0.2, 0.25) is 0 Å². The molecule has 0 aliphatic rings. The Balaban J connectivity index is -0.000000138. The third-order valence-corrected chi connectivity index (χ3v) is 13.3. The molecular weight excluding hydrogens is 1070 g/mol. The zero-order valence-electron chi connectivity index (χ0n) is 58.0. The Morgan fingerprint density at radius 1 is 0.417 bits per heavy atom. The Hall–Kier alpha value is -3.27. The second-order valence-corrected chi connectivity index (χ2v) is 21.2. The lowest BCUT2D eigenvalue weighted by Crippen LogP contribution is -2.34. The van der Waals surface area contributed by atoms with Crippen LogP contribution in [0.15, 0.2) is 0 Å². The molecule has 0 bridgehead atoms. The van der Waals surface area contributed by atoms with Crippen molar-refractivity contribution in [1.29, 1.82) is 0 Å². The summed E-state index contributed by atoms with van der Waals surface area (Å²) >= 11 is 0. The van der Waals surface area contributed by atoms with Gasteiger partial charge in [-0.25, -0.2) is 0 Å². The lowest BCUT2D eigenvalue weighted by Gasteiger charge is -2.20. The van der Waals surface area contributed by atoms with Crippen LogP contribution in [0.25, 0.3) is 0 Å². The average Bonchev–Trinajstić information content (AvgIpc) is 3.51. The molecule has 0 saturated carbocycles. The molecule has 0 heterocycles. The lowest BCUT2D eigenvalue weighted by atomic mass is 9.89. The fraction of sp³-hybridized carbons (Fsp3) is 0.899. The van der Waals surface area contributed by atoms with E-state index >= 15 is 0 Å². The van der Waals surface area contributed by atoms with Crippen molar-refractivity contribution in [3.8, 4) is 0 Å². The minimum atomic E-state index is -0.303. The summed E-state index contributed by atoms with van der Waals surface area (Å²) in [6.45, 7) is 31.0. The third kappa shape index (κ3) is 97.8. The molecule has 84 heavy (non-hydrogen) atoms. The maximum Gasteiger partial charge on any atom is 0.306 e. The fourth-order valence-corrected chi connectivity index (χ4v) is 7.82. The standard InChI is InChI=1S/C15H26O4.C15H28O3.C10H20O2.2C9H20O.C6H13NO3.C3H8.C2H6/c1-2-3-4-5-6-7-12-19-15(18)13-14(8-10-16)9-11-17;1-3-5-6-7-8-9-12-18-15(17)13-14(4-2)10-11-16;1-4-6-10(7-12-8-11)9(3)5-2;2*1-3-4-5-6-7-8-9-10-2;1-7-6(3-9-2)4-10-5-8;1-3-2;1-2/h10-11,14H,2-9,12-13H2,1H3;11,14H,3-10,12-13H2,1-2H3;8-10H,4-7H2,1-3H3;2*3-9H2,1-2H3;5-7H,3-4H2,1-2H3;3H2,1-2H3;1-2H3. The van der Waals surface area contributed by atoms with E-state index < -0.39 is 0 Å². The topological polar surface area (TPSA) is 196 Å². The molecule has 0 aliphatic heterocycles. The van der Waals surface area contributed by atoms with Gasteiger partial charge in [-0.3, -0.25) is 19.2 Å². The van der Waals surface area contributed by atoms with Crippen LogP contribution in [-0.4, -0.2) is 124 Å². The van der Waals surface area contributed by atoms with Crippen LogP contribution in [0, 0.1) is 23.7 Å². The molecule has 0 fully saturated rings. The molecule has 0 amide bonds. The predicted octanol–water partition coefficient (Wildman–Crippen LogP) is 17.4.